The van der Waals surface area contributed by atoms with E-state index >= 15 is 0 Å². The lowest BCUT2D eigenvalue weighted by Crippen LogP contribution is -2.48. The summed E-state index contributed by atoms with van der Waals surface area (Å²) in [5.41, 5.74) is 5.59. The number of hydrogen-bond donors (Lipinski definition) is 2. The number of carbonyl (C=O) groups is 1. The van der Waals surface area contributed by atoms with Crippen molar-refractivity contribution in [2.24, 2.45) is 5.73 Å². The molecule has 1 rings (SSSR count). The Labute approximate surface area is 101 Å². The molecule has 3 N–H and O–H groups in total. The summed E-state index contributed by atoms with van der Waals surface area (Å²) in [6.45, 7) is 5.25. The third-order valence-corrected chi connectivity index (χ3v) is 2.73. The van der Waals surface area contributed by atoms with Gasteiger partial charge in [0.05, 0.1) is 11.2 Å². The van der Waals surface area contributed by atoms with Gasteiger partial charge in [-0.05, 0) is 31.9 Å². The fraction of sp³-hybridized carbons (Fsp3) is 0.462. The van der Waals surface area contributed by atoms with Crippen LogP contribution in [0, 0.1) is 12.7 Å². The van der Waals surface area contributed by atoms with E-state index in [0.29, 0.717) is 12.0 Å². The van der Waals surface area contributed by atoms with E-state index in [9.17, 15) is 9.18 Å². The Balaban J connectivity index is 2.85. The Kier molecular flexibility index (Phi) is 4.23. The fourth-order valence-electron chi connectivity index (χ4n) is 1.64. The zero-order valence-corrected chi connectivity index (χ0v) is 10.5. The number of halogens is 1. The average molecular weight is 238 g/mol. The molecule has 0 aliphatic heterocycles. The number of amides is 1. The molecule has 3 nitrogen and oxygen atoms in total. The maximum atomic E-state index is 13.7. The Morgan fingerprint density at radius 3 is 2.76 bits per heavy atom. The molecule has 0 heterocycles. The first-order chi connectivity index (χ1) is 7.88. The van der Waals surface area contributed by atoms with Crippen molar-refractivity contribution in [3.8, 4) is 0 Å². The van der Waals surface area contributed by atoms with E-state index in [1.165, 1.54) is 6.07 Å². The van der Waals surface area contributed by atoms with Gasteiger partial charge in [-0.15, -0.1) is 0 Å². The molecule has 0 bridgehead atoms. The number of hydrogen-bond acceptors (Lipinski definition) is 2. The topological polar surface area (TPSA) is 55.1 Å². The predicted octanol–water partition coefficient (Wildman–Crippen LogP) is 2.59. The third kappa shape index (κ3) is 3.27. The molecule has 4 heteroatoms. The van der Waals surface area contributed by atoms with Gasteiger partial charge >= 0.3 is 0 Å². The molecule has 1 amide bonds. The zero-order valence-electron chi connectivity index (χ0n) is 10.5. The number of benzene rings is 1. The Bertz CT molecular complexity index is 416. The molecule has 1 atom stereocenters. The molecule has 0 spiro atoms. The highest BCUT2D eigenvalue weighted by Crippen LogP contribution is 2.19. The van der Waals surface area contributed by atoms with Crippen molar-refractivity contribution in [1.82, 2.24) is 0 Å². The summed E-state index contributed by atoms with van der Waals surface area (Å²) in [5.74, 6) is -0.767. The SMILES string of the molecule is CCCC(C)(N)C(=O)Nc1cccc(C)c1F. The molecule has 17 heavy (non-hydrogen) atoms. The predicted molar refractivity (Wildman–Crippen MR) is 67.3 cm³/mol. The molecular weight excluding hydrogens is 219 g/mol. The van der Waals surface area contributed by atoms with Crippen molar-refractivity contribution in [3.63, 3.8) is 0 Å². The van der Waals surface area contributed by atoms with Crippen molar-refractivity contribution in [2.45, 2.75) is 39.2 Å². The van der Waals surface area contributed by atoms with Crippen molar-refractivity contribution < 1.29 is 9.18 Å². The maximum Gasteiger partial charge on any atom is 0.244 e. The standard InChI is InChI=1S/C13H19FN2O/c1-4-8-13(3,15)12(17)16-10-7-5-6-9(2)11(10)14/h5-7H,4,8,15H2,1-3H3,(H,16,17). The summed E-state index contributed by atoms with van der Waals surface area (Å²) in [4.78, 5) is 11.9. The quantitative estimate of drug-likeness (QED) is 0.847. The summed E-state index contributed by atoms with van der Waals surface area (Å²) >= 11 is 0. The van der Waals surface area contributed by atoms with Gasteiger partial charge in [0.15, 0.2) is 0 Å². The third-order valence-electron chi connectivity index (χ3n) is 2.73. The number of rotatable bonds is 4. The van der Waals surface area contributed by atoms with E-state index in [-0.39, 0.29) is 11.6 Å². The summed E-state index contributed by atoms with van der Waals surface area (Å²) in [7, 11) is 0. The van der Waals surface area contributed by atoms with Crippen LogP contribution < -0.4 is 11.1 Å². The van der Waals surface area contributed by atoms with E-state index in [1.807, 2.05) is 6.92 Å². The minimum atomic E-state index is -0.967. The number of nitrogens with two attached hydrogens (primary N) is 1. The Hall–Kier alpha value is -1.42. The van der Waals surface area contributed by atoms with Crippen LogP contribution in [0.3, 0.4) is 0 Å². The van der Waals surface area contributed by atoms with Gasteiger partial charge in [-0.2, -0.15) is 0 Å². The monoisotopic (exact) mass is 238 g/mol. The first kappa shape index (κ1) is 13.6. The van der Waals surface area contributed by atoms with E-state index < -0.39 is 11.4 Å². The number of nitrogens with one attached hydrogen (secondary N) is 1. The first-order valence-corrected chi connectivity index (χ1v) is 5.74. The van der Waals surface area contributed by atoms with Gasteiger partial charge in [-0.25, -0.2) is 4.39 Å². The van der Waals surface area contributed by atoms with Crippen LogP contribution in [-0.4, -0.2) is 11.4 Å². The van der Waals surface area contributed by atoms with Crippen molar-refractivity contribution in [1.29, 1.82) is 0 Å². The molecule has 1 unspecified atom stereocenters. The second-order valence-electron chi connectivity index (χ2n) is 4.56. The van der Waals surface area contributed by atoms with E-state index in [0.717, 1.165) is 6.42 Å². The molecule has 0 fully saturated rings. The Morgan fingerprint density at radius 2 is 2.18 bits per heavy atom. The molecule has 1 aromatic carbocycles. The normalized spacial score (nSPS) is 14.2. The molecule has 94 valence electrons. The van der Waals surface area contributed by atoms with Gasteiger partial charge in [-0.3, -0.25) is 4.79 Å². The summed E-state index contributed by atoms with van der Waals surface area (Å²) in [6.07, 6.45) is 1.36. The van der Waals surface area contributed by atoms with Crippen LogP contribution >= 0.6 is 0 Å². The highest BCUT2D eigenvalue weighted by Gasteiger charge is 2.27. The van der Waals surface area contributed by atoms with Crippen LogP contribution in [0.1, 0.15) is 32.3 Å². The van der Waals surface area contributed by atoms with Gasteiger partial charge in [0, 0.05) is 0 Å². The molecule has 1 aromatic rings. The van der Waals surface area contributed by atoms with Gasteiger partial charge in [-0.1, -0.05) is 25.5 Å². The minimum absolute atomic E-state index is 0.183. The largest absolute Gasteiger partial charge is 0.322 e. The van der Waals surface area contributed by atoms with Crippen LogP contribution in [0.4, 0.5) is 10.1 Å². The molecule has 0 aliphatic rings. The minimum Gasteiger partial charge on any atom is -0.322 e. The van der Waals surface area contributed by atoms with Crippen molar-refractivity contribution in [2.75, 3.05) is 5.32 Å². The lowest BCUT2D eigenvalue weighted by Gasteiger charge is -2.23. The van der Waals surface area contributed by atoms with E-state index in [4.69, 9.17) is 5.73 Å². The van der Waals surface area contributed by atoms with Crippen LogP contribution in [0.25, 0.3) is 0 Å². The van der Waals surface area contributed by atoms with Crippen LogP contribution in [0.15, 0.2) is 18.2 Å². The van der Waals surface area contributed by atoms with Gasteiger partial charge in [0.25, 0.3) is 0 Å². The lowest BCUT2D eigenvalue weighted by atomic mass is 9.96. The zero-order chi connectivity index (χ0) is 13.1. The molecule has 0 radical (unpaired) electrons. The van der Waals surface area contributed by atoms with Gasteiger partial charge in [0.1, 0.15) is 5.82 Å². The van der Waals surface area contributed by atoms with E-state index in [1.54, 1.807) is 26.0 Å². The van der Waals surface area contributed by atoms with E-state index in [2.05, 4.69) is 5.32 Å². The first-order valence-electron chi connectivity index (χ1n) is 5.74. The van der Waals surface area contributed by atoms with Crippen LogP contribution in [-0.2, 0) is 4.79 Å². The second kappa shape index (κ2) is 5.27. The van der Waals surface area contributed by atoms with Crippen LogP contribution in [0.5, 0.6) is 0 Å². The summed E-state index contributed by atoms with van der Waals surface area (Å²) in [5, 5.41) is 2.54. The fourth-order valence-corrected chi connectivity index (χ4v) is 1.64. The molecule has 0 saturated carbocycles. The van der Waals surface area contributed by atoms with Gasteiger partial charge < -0.3 is 11.1 Å². The second-order valence-corrected chi connectivity index (χ2v) is 4.56. The highest BCUT2D eigenvalue weighted by atomic mass is 19.1. The smallest absolute Gasteiger partial charge is 0.244 e. The van der Waals surface area contributed by atoms with Crippen LogP contribution in [0.2, 0.25) is 0 Å². The molecule has 0 saturated heterocycles. The summed E-state index contributed by atoms with van der Waals surface area (Å²) in [6, 6.07) is 4.88. The number of carbonyl (C=O) groups excluding carboxylic acids is 1. The number of anilines is 1. The Morgan fingerprint density at radius 1 is 1.53 bits per heavy atom. The lowest BCUT2D eigenvalue weighted by molar-refractivity contribution is -0.120. The van der Waals surface area contributed by atoms with Crippen molar-refractivity contribution in [3.05, 3.63) is 29.6 Å². The van der Waals surface area contributed by atoms with Crippen molar-refractivity contribution >= 4 is 11.6 Å². The van der Waals surface area contributed by atoms with Gasteiger partial charge in [0.2, 0.25) is 5.91 Å². The molecular formula is C13H19FN2O. The molecule has 0 aromatic heterocycles. The molecule has 0 aliphatic carbocycles. The summed E-state index contributed by atoms with van der Waals surface area (Å²) < 4.78 is 13.7. The average Bonchev–Trinajstić information content (AvgIpc) is 2.24. The maximum absolute atomic E-state index is 13.7. The highest BCUT2D eigenvalue weighted by molar-refractivity contribution is 5.97. The number of aryl methyl sites for hydroxylation is 1.